The Morgan fingerprint density at radius 1 is 1.12 bits per heavy atom. The molecule has 0 bridgehead atoms. The normalized spacial score (nSPS) is 15.2. The molecule has 1 amide bonds. The van der Waals surface area contributed by atoms with E-state index in [1.807, 2.05) is 0 Å². The summed E-state index contributed by atoms with van der Waals surface area (Å²) in [5.41, 5.74) is 5.13. The smallest absolute Gasteiger partial charge is 0.269 e. The molecule has 2 aromatic rings. The van der Waals surface area contributed by atoms with Crippen LogP contribution in [0.1, 0.15) is 16.7 Å². The minimum Gasteiger partial charge on any atom is -0.454 e. The first-order chi connectivity index (χ1) is 11.6. The van der Waals surface area contributed by atoms with Crippen molar-refractivity contribution in [1.29, 1.82) is 0 Å². The number of fused-ring (bicyclic) bond motifs is 2. The lowest BCUT2D eigenvalue weighted by molar-refractivity contribution is -0.384. The van der Waals surface area contributed by atoms with Gasteiger partial charge in [0.25, 0.3) is 5.69 Å². The fourth-order valence-electron chi connectivity index (χ4n) is 2.70. The molecule has 120 valence electrons. The Balaban J connectivity index is 1.83. The van der Waals surface area contributed by atoms with E-state index >= 15 is 0 Å². The van der Waals surface area contributed by atoms with Crippen molar-refractivity contribution in [2.75, 3.05) is 6.79 Å². The molecule has 24 heavy (non-hydrogen) atoms. The van der Waals surface area contributed by atoms with Gasteiger partial charge >= 0.3 is 0 Å². The molecule has 0 fully saturated rings. The summed E-state index contributed by atoms with van der Waals surface area (Å²) in [4.78, 5) is 22.2. The monoisotopic (exact) mass is 325 g/mol. The van der Waals surface area contributed by atoms with Gasteiger partial charge in [0.1, 0.15) is 0 Å². The van der Waals surface area contributed by atoms with E-state index < -0.39 is 4.92 Å². The van der Waals surface area contributed by atoms with Crippen LogP contribution in [0.2, 0.25) is 0 Å². The number of nitro benzene ring substituents is 1. The summed E-state index contributed by atoms with van der Waals surface area (Å²) in [7, 11) is 0. The number of hydrazone groups is 1. The average Bonchev–Trinajstić information content (AvgIpc) is 2.96. The van der Waals surface area contributed by atoms with Gasteiger partial charge in [-0.15, -0.1) is 0 Å². The molecule has 0 atom stereocenters. The van der Waals surface area contributed by atoms with E-state index in [1.165, 1.54) is 12.1 Å². The molecule has 1 N–H and O–H groups in total. The summed E-state index contributed by atoms with van der Waals surface area (Å²) < 4.78 is 10.7. The van der Waals surface area contributed by atoms with Crippen molar-refractivity contribution >= 4 is 17.3 Å². The summed E-state index contributed by atoms with van der Waals surface area (Å²) in [5.74, 6) is 0.927. The largest absolute Gasteiger partial charge is 0.454 e. The van der Waals surface area contributed by atoms with Gasteiger partial charge in [-0.25, -0.2) is 5.43 Å². The number of carbonyl (C=O) groups is 1. The lowest BCUT2D eigenvalue weighted by atomic mass is 9.95. The molecule has 0 radical (unpaired) electrons. The maximum Gasteiger partial charge on any atom is 0.269 e. The van der Waals surface area contributed by atoms with Crippen LogP contribution in [-0.4, -0.2) is 23.3 Å². The maximum atomic E-state index is 11.9. The molecule has 0 unspecified atom stereocenters. The van der Waals surface area contributed by atoms with Crippen LogP contribution >= 0.6 is 0 Å². The summed E-state index contributed by atoms with van der Waals surface area (Å²) in [6, 6.07) is 9.54. The number of hydrogen-bond donors (Lipinski definition) is 1. The average molecular weight is 325 g/mol. The minimum absolute atomic E-state index is 0.0112. The van der Waals surface area contributed by atoms with Gasteiger partial charge in [0.15, 0.2) is 11.5 Å². The number of amides is 1. The van der Waals surface area contributed by atoms with Gasteiger partial charge < -0.3 is 9.47 Å². The molecule has 2 aliphatic rings. The molecule has 0 spiro atoms. The van der Waals surface area contributed by atoms with E-state index in [1.54, 1.807) is 24.3 Å². The first kappa shape index (κ1) is 14.2. The highest BCUT2D eigenvalue weighted by Crippen LogP contribution is 2.36. The summed E-state index contributed by atoms with van der Waals surface area (Å²) in [6.45, 7) is 0.133. The highest BCUT2D eigenvalue weighted by atomic mass is 16.7. The Bertz CT molecular complexity index is 889. The molecular weight excluding hydrogens is 314 g/mol. The van der Waals surface area contributed by atoms with Crippen LogP contribution in [0.4, 0.5) is 5.69 Å². The number of non-ortho nitro benzene ring substituents is 1. The number of ether oxygens (including phenoxy) is 2. The van der Waals surface area contributed by atoms with E-state index in [2.05, 4.69) is 10.5 Å². The molecule has 0 saturated carbocycles. The van der Waals surface area contributed by atoms with Crippen molar-refractivity contribution in [1.82, 2.24) is 5.43 Å². The molecule has 8 nitrogen and oxygen atoms in total. The summed E-state index contributed by atoms with van der Waals surface area (Å²) >= 11 is 0. The zero-order chi connectivity index (χ0) is 16.7. The first-order valence-electron chi connectivity index (χ1n) is 7.16. The van der Waals surface area contributed by atoms with E-state index in [4.69, 9.17) is 9.47 Å². The molecule has 2 aromatic carbocycles. The minimum atomic E-state index is -0.466. The summed E-state index contributed by atoms with van der Waals surface area (Å²) in [5, 5.41) is 15.0. The number of nitrogens with one attached hydrogen (secondary N) is 1. The lowest BCUT2D eigenvalue weighted by Crippen LogP contribution is -2.18. The van der Waals surface area contributed by atoms with E-state index in [0.717, 1.165) is 11.1 Å². The van der Waals surface area contributed by atoms with Crippen LogP contribution in [0.5, 0.6) is 11.5 Å². The Labute approximate surface area is 135 Å². The van der Waals surface area contributed by atoms with Crippen LogP contribution in [0.15, 0.2) is 41.5 Å². The molecule has 2 aliphatic heterocycles. The van der Waals surface area contributed by atoms with Crippen molar-refractivity contribution in [3.05, 3.63) is 63.2 Å². The zero-order valence-corrected chi connectivity index (χ0v) is 12.3. The van der Waals surface area contributed by atoms with Gasteiger partial charge in [-0.3, -0.25) is 14.9 Å². The predicted octanol–water partition coefficient (Wildman–Crippen LogP) is 1.75. The maximum absolute atomic E-state index is 11.9. The highest BCUT2D eigenvalue weighted by molar-refractivity contribution is 6.15. The quantitative estimate of drug-likeness (QED) is 0.669. The van der Waals surface area contributed by atoms with Crippen molar-refractivity contribution < 1.29 is 19.2 Å². The van der Waals surface area contributed by atoms with Crippen LogP contribution < -0.4 is 14.9 Å². The van der Waals surface area contributed by atoms with Gasteiger partial charge in [-0.05, 0) is 29.8 Å². The number of rotatable bonds is 2. The fourth-order valence-corrected chi connectivity index (χ4v) is 2.70. The van der Waals surface area contributed by atoms with E-state index in [9.17, 15) is 14.9 Å². The SMILES string of the molecule is O=C1Cc2cc3c(cc2C(c2ccc([N+](=O)[O-])cc2)=NN1)OCO3. The van der Waals surface area contributed by atoms with Crippen LogP contribution in [0, 0.1) is 10.1 Å². The van der Waals surface area contributed by atoms with Gasteiger partial charge in [0, 0.05) is 23.3 Å². The Kier molecular flexibility index (Phi) is 3.16. The molecule has 4 rings (SSSR count). The van der Waals surface area contributed by atoms with Crippen LogP contribution in [-0.2, 0) is 11.2 Å². The van der Waals surface area contributed by atoms with Crippen molar-refractivity contribution in [2.45, 2.75) is 6.42 Å². The molecule has 0 aromatic heterocycles. The zero-order valence-electron chi connectivity index (χ0n) is 12.3. The fraction of sp³-hybridized carbons (Fsp3) is 0.125. The molecule has 0 saturated heterocycles. The number of benzene rings is 2. The van der Waals surface area contributed by atoms with Crippen molar-refractivity contribution in [3.63, 3.8) is 0 Å². The van der Waals surface area contributed by atoms with Crippen LogP contribution in [0.3, 0.4) is 0 Å². The summed E-state index contributed by atoms with van der Waals surface area (Å²) in [6.07, 6.45) is 0.159. The third-order valence-corrected chi connectivity index (χ3v) is 3.85. The standard InChI is InChI=1S/C16H11N3O5/c20-15-6-10-5-13-14(24-8-23-13)7-12(10)16(18-17-15)9-1-3-11(4-2-9)19(21)22/h1-5,7H,6,8H2,(H,17,20). The van der Waals surface area contributed by atoms with Crippen molar-refractivity contribution in [2.24, 2.45) is 5.10 Å². The number of hydrogen-bond acceptors (Lipinski definition) is 6. The van der Waals surface area contributed by atoms with Gasteiger partial charge in [-0.1, -0.05) is 0 Å². The Morgan fingerprint density at radius 2 is 1.83 bits per heavy atom. The van der Waals surface area contributed by atoms with Gasteiger partial charge in [0.2, 0.25) is 12.7 Å². The second-order valence-electron chi connectivity index (χ2n) is 5.34. The Hall–Kier alpha value is -3.42. The topological polar surface area (TPSA) is 103 Å². The third kappa shape index (κ3) is 2.34. The predicted molar refractivity (Wildman–Crippen MR) is 83.1 cm³/mol. The third-order valence-electron chi connectivity index (χ3n) is 3.85. The van der Waals surface area contributed by atoms with Crippen LogP contribution in [0.25, 0.3) is 0 Å². The lowest BCUT2D eigenvalue weighted by Gasteiger charge is -2.10. The molecule has 0 aliphatic carbocycles. The molecule has 8 heteroatoms. The number of nitrogens with zero attached hydrogens (tertiary/aromatic N) is 2. The number of nitro groups is 1. The van der Waals surface area contributed by atoms with Crippen molar-refractivity contribution in [3.8, 4) is 11.5 Å². The van der Waals surface area contributed by atoms with Gasteiger partial charge in [-0.2, -0.15) is 5.10 Å². The second kappa shape index (κ2) is 5.34. The molecule has 2 heterocycles. The second-order valence-corrected chi connectivity index (χ2v) is 5.34. The number of carbonyl (C=O) groups excluding carboxylic acids is 1. The van der Waals surface area contributed by atoms with Gasteiger partial charge in [0.05, 0.1) is 17.1 Å². The first-order valence-corrected chi connectivity index (χ1v) is 7.16. The molecular formula is C16H11N3O5. The van der Waals surface area contributed by atoms with E-state index in [0.29, 0.717) is 22.8 Å². The Morgan fingerprint density at radius 3 is 2.54 bits per heavy atom. The van der Waals surface area contributed by atoms with E-state index in [-0.39, 0.29) is 24.8 Å². The highest BCUT2D eigenvalue weighted by Gasteiger charge is 2.24.